The minimum Gasteiger partial charge on any atom is -0.331 e. The van der Waals surface area contributed by atoms with E-state index in [9.17, 15) is 0 Å². The highest BCUT2D eigenvalue weighted by Gasteiger charge is 2.14. The van der Waals surface area contributed by atoms with Crippen LogP contribution < -0.4 is 10.6 Å². The molecule has 0 bridgehead atoms. The van der Waals surface area contributed by atoms with Crippen molar-refractivity contribution >= 4 is 62.7 Å². The Bertz CT molecular complexity index is 1240. The Labute approximate surface area is 190 Å². The monoisotopic (exact) mass is 454 g/mol. The molecule has 0 atom stereocenters. The van der Waals surface area contributed by atoms with Crippen LogP contribution in [-0.4, -0.2) is 14.9 Å². The fraction of sp³-hybridized carbons (Fsp3) is 0.130. The topological polar surface area (TPSA) is 41.9 Å². The van der Waals surface area contributed by atoms with E-state index in [0.717, 1.165) is 17.1 Å². The molecule has 4 nitrogen and oxygen atoms in total. The van der Waals surface area contributed by atoms with Crippen molar-refractivity contribution in [3.8, 4) is 0 Å². The summed E-state index contributed by atoms with van der Waals surface area (Å²) in [6.45, 7) is 4.68. The zero-order chi connectivity index (χ0) is 21.3. The number of hydrogen-bond donors (Lipinski definition) is 2. The van der Waals surface area contributed by atoms with Crippen molar-refractivity contribution < 1.29 is 0 Å². The summed E-state index contributed by atoms with van der Waals surface area (Å²) in [5.41, 5.74) is 4.68. The Kier molecular flexibility index (Phi) is 5.95. The molecule has 152 valence electrons. The number of nitrogens with one attached hydrogen (secondary N) is 2. The number of nitrogens with zero attached hydrogens (tertiary/aromatic N) is 2. The summed E-state index contributed by atoms with van der Waals surface area (Å²) < 4.78 is 2.00. The number of rotatable bonds is 4. The van der Waals surface area contributed by atoms with Gasteiger partial charge in [-0.3, -0.25) is 4.68 Å². The van der Waals surface area contributed by atoms with Crippen LogP contribution in [0.25, 0.3) is 10.8 Å². The van der Waals surface area contributed by atoms with Crippen LogP contribution in [0.3, 0.4) is 0 Å². The van der Waals surface area contributed by atoms with Crippen LogP contribution in [0.2, 0.25) is 10.0 Å². The van der Waals surface area contributed by atoms with Crippen LogP contribution in [0.4, 0.5) is 11.4 Å². The molecule has 0 aliphatic heterocycles. The summed E-state index contributed by atoms with van der Waals surface area (Å²) in [4.78, 5) is 0. The highest BCUT2D eigenvalue weighted by molar-refractivity contribution is 7.80. The zero-order valence-electron chi connectivity index (χ0n) is 16.5. The first kappa shape index (κ1) is 20.7. The Morgan fingerprint density at radius 1 is 1.00 bits per heavy atom. The Morgan fingerprint density at radius 2 is 1.77 bits per heavy atom. The third-order valence-corrected chi connectivity index (χ3v) is 5.75. The lowest BCUT2D eigenvalue weighted by atomic mass is 10.0. The van der Waals surface area contributed by atoms with Gasteiger partial charge < -0.3 is 10.6 Å². The van der Waals surface area contributed by atoms with Crippen LogP contribution in [0, 0.1) is 13.8 Å². The third-order valence-electron chi connectivity index (χ3n) is 5.00. The molecular formula is C23H20Cl2N4S. The maximum atomic E-state index is 6.23. The summed E-state index contributed by atoms with van der Waals surface area (Å²) in [5, 5.41) is 15.1. The van der Waals surface area contributed by atoms with Gasteiger partial charge in [0.2, 0.25) is 0 Å². The van der Waals surface area contributed by atoms with Crippen LogP contribution in [0.1, 0.15) is 17.0 Å². The maximum absolute atomic E-state index is 6.23. The van der Waals surface area contributed by atoms with E-state index in [0.29, 0.717) is 27.4 Å². The molecule has 0 aliphatic carbocycles. The molecule has 3 aromatic carbocycles. The second kappa shape index (κ2) is 8.64. The fourth-order valence-electron chi connectivity index (χ4n) is 3.48. The molecular weight excluding hydrogens is 435 g/mol. The minimum atomic E-state index is 0.440. The summed E-state index contributed by atoms with van der Waals surface area (Å²) in [6, 6.07) is 20.0. The molecule has 0 radical (unpaired) electrons. The average molecular weight is 455 g/mol. The summed E-state index contributed by atoms with van der Waals surface area (Å²) in [6.07, 6.45) is 0. The fourth-order valence-corrected chi connectivity index (χ4v) is 4.15. The summed E-state index contributed by atoms with van der Waals surface area (Å²) >= 11 is 17.7. The summed E-state index contributed by atoms with van der Waals surface area (Å²) in [5.74, 6) is 0. The van der Waals surface area contributed by atoms with Gasteiger partial charge in [0.25, 0.3) is 0 Å². The molecule has 0 unspecified atom stereocenters. The lowest BCUT2D eigenvalue weighted by Crippen LogP contribution is -2.20. The van der Waals surface area contributed by atoms with Gasteiger partial charge in [-0.05, 0) is 60.6 Å². The first-order valence-electron chi connectivity index (χ1n) is 9.46. The van der Waals surface area contributed by atoms with E-state index in [1.807, 2.05) is 18.5 Å². The first-order valence-corrected chi connectivity index (χ1v) is 10.6. The zero-order valence-corrected chi connectivity index (χ0v) is 18.9. The van der Waals surface area contributed by atoms with E-state index >= 15 is 0 Å². The number of halogens is 2. The smallest absolute Gasteiger partial charge is 0.175 e. The van der Waals surface area contributed by atoms with Gasteiger partial charge in [-0.1, -0.05) is 65.7 Å². The van der Waals surface area contributed by atoms with E-state index in [4.69, 9.17) is 40.5 Å². The van der Waals surface area contributed by atoms with Crippen LogP contribution >= 0.6 is 35.4 Å². The van der Waals surface area contributed by atoms with Crippen LogP contribution in [0.5, 0.6) is 0 Å². The standard InChI is InChI=1S/C23H20Cl2N4S/c1-14-22(27-23(30)26-21-11-10-18(24)12-20(21)25)15(2)29(28-14)13-17-8-5-7-16-6-3-4-9-19(16)17/h3-12H,13H2,1-2H3,(H2,26,27,30). The quantitative estimate of drug-likeness (QED) is 0.332. The molecule has 0 saturated carbocycles. The Hall–Kier alpha value is -2.60. The molecule has 1 aromatic heterocycles. The van der Waals surface area contributed by atoms with Crippen molar-refractivity contribution in [3.63, 3.8) is 0 Å². The van der Waals surface area contributed by atoms with Crippen molar-refractivity contribution in [2.24, 2.45) is 0 Å². The second-order valence-electron chi connectivity index (χ2n) is 7.05. The van der Waals surface area contributed by atoms with Crippen molar-refractivity contribution in [3.05, 3.63) is 87.7 Å². The van der Waals surface area contributed by atoms with Crippen molar-refractivity contribution in [1.82, 2.24) is 9.78 Å². The summed E-state index contributed by atoms with van der Waals surface area (Å²) in [7, 11) is 0. The number of aryl methyl sites for hydroxylation is 1. The van der Waals surface area contributed by atoms with Gasteiger partial charge >= 0.3 is 0 Å². The van der Waals surface area contributed by atoms with Crippen molar-refractivity contribution in [2.75, 3.05) is 10.6 Å². The maximum Gasteiger partial charge on any atom is 0.175 e. The largest absolute Gasteiger partial charge is 0.331 e. The molecule has 0 fully saturated rings. The molecule has 4 rings (SSSR count). The Morgan fingerprint density at radius 3 is 2.57 bits per heavy atom. The minimum absolute atomic E-state index is 0.440. The number of fused-ring (bicyclic) bond motifs is 1. The third kappa shape index (κ3) is 4.29. The molecule has 0 amide bonds. The van der Waals surface area contributed by atoms with Gasteiger partial charge in [0.1, 0.15) is 0 Å². The van der Waals surface area contributed by atoms with E-state index < -0.39 is 0 Å². The predicted molar refractivity (Wildman–Crippen MR) is 131 cm³/mol. The molecule has 0 spiro atoms. The van der Waals surface area contributed by atoms with E-state index in [2.05, 4.69) is 53.1 Å². The molecule has 1 heterocycles. The van der Waals surface area contributed by atoms with Gasteiger partial charge in [-0.15, -0.1) is 0 Å². The van der Waals surface area contributed by atoms with Crippen LogP contribution in [0.15, 0.2) is 60.7 Å². The SMILES string of the molecule is Cc1nn(Cc2cccc3ccccc23)c(C)c1NC(=S)Nc1ccc(Cl)cc1Cl. The average Bonchev–Trinajstić information content (AvgIpc) is 2.98. The number of hydrogen-bond acceptors (Lipinski definition) is 2. The second-order valence-corrected chi connectivity index (χ2v) is 8.30. The number of aromatic nitrogens is 2. The normalized spacial score (nSPS) is 10.9. The molecule has 7 heteroatoms. The van der Waals surface area contributed by atoms with Crippen molar-refractivity contribution in [1.29, 1.82) is 0 Å². The highest BCUT2D eigenvalue weighted by atomic mass is 35.5. The van der Waals surface area contributed by atoms with Crippen LogP contribution in [-0.2, 0) is 6.54 Å². The van der Waals surface area contributed by atoms with E-state index in [1.165, 1.54) is 16.3 Å². The van der Waals surface area contributed by atoms with Gasteiger partial charge in [-0.25, -0.2) is 0 Å². The molecule has 4 aromatic rings. The number of anilines is 2. The van der Waals surface area contributed by atoms with E-state index in [1.54, 1.807) is 18.2 Å². The molecule has 0 saturated heterocycles. The Balaban J connectivity index is 1.55. The number of benzene rings is 3. The van der Waals surface area contributed by atoms with Gasteiger partial charge in [0.15, 0.2) is 5.11 Å². The lowest BCUT2D eigenvalue weighted by Gasteiger charge is -2.13. The number of thiocarbonyl (C=S) groups is 1. The molecule has 2 N–H and O–H groups in total. The van der Waals surface area contributed by atoms with E-state index in [-0.39, 0.29) is 0 Å². The molecule has 0 aliphatic rings. The van der Waals surface area contributed by atoms with Gasteiger partial charge in [0, 0.05) is 5.02 Å². The van der Waals surface area contributed by atoms with Gasteiger partial charge in [-0.2, -0.15) is 5.10 Å². The van der Waals surface area contributed by atoms with Gasteiger partial charge in [0.05, 0.1) is 34.3 Å². The highest BCUT2D eigenvalue weighted by Crippen LogP contribution is 2.27. The molecule has 30 heavy (non-hydrogen) atoms. The first-order chi connectivity index (χ1) is 14.4. The predicted octanol–water partition coefficient (Wildman–Crippen LogP) is 6.82. The lowest BCUT2D eigenvalue weighted by molar-refractivity contribution is 0.662. The van der Waals surface area contributed by atoms with Crippen molar-refractivity contribution in [2.45, 2.75) is 20.4 Å².